The molecule has 0 aromatic rings. The van der Waals surface area contributed by atoms with Crippen molar-refractivity contribution in [3.63, 3.8) is 0 Å². The van der Waals surface area contributed by atoms with Gasteiger partial charge in [0.15, 0.2) is 0 Å². The lowest BCUT2D eigenvalue weighted by atomic mass is 9.71. The Balaban J connectivity index is 2.52. The van der Waals surface area contributed by atoms with E-state index in [2.05, 4.69) is 0 Å². The fraction of sp³-hybridized carbons (Fsp3) is 0.900. The molecule has 0 aromatic heterocycles. The van der Waals surface area contributed by atoms with Crippen molar-refractivity contribution in [1.82, 2.24) is 0 Å². The normalized spacial score (nSPS) is 32.2. The Morgan fingerprint density at radius 2 is 2.55 bits per heavy atom. The summed E-state index contributed by atoms with van der Waals surface area (Å²) in [6, 6.07) is 0. The van der Waals surface area contributed by atoms with E-state index in [4.69, 9.17) is 2.74 Å². The number of rotatable bonds is 2. The molecule has 64 valence electrons. The van der Waals surface area contributed by atoms with Crippen molar-refractivity contribution in [2.24, 2.45) is 11.3 Å². The Hall–Kier alpha value is -0.330. The van der Waals surface area contributed by atoms with Gasteiger partial charge in [0.05, 0.1) is 0 Å². The third-order valence-corrected chi connectivity index (χ3v) is 2.47. The molecule has 1 nitrogen and oxygen atoms in total. The fourth-order valence-corrected chi connectivity index (χ4v) is 1.92. The van der Waals surface area contributed by atoms with E-state index in [0.717, 1.165) is 32.0 Å². The second-order valence-electron chi connectivity index (χ2n) is 3.86. The molecule has 1 aliphatic carbocycles. The lowest BCUT2D eigenvalue weighted by Crippen LogP contribution is -2.22. The fourth-order valence-electron chi connectivity index (χ4n) is 1.92. The molecule has 0 spiro atoms. The standard InChI is InChI=1S/C10H18O/c1-10(2)6-3-4-9(8-10)5-7-11/h7,9H,3-6,8H2,1-2H3/t9-/m1/s1/i1D,2D. The highest BCUT2D eigenvalue weighted by atomic mass is 16.1. The third-order valence-electron chi connectivity index (χ3n) is 2.47. The van der Waals surface area contributed by atoms with Crippen molar-refractivity contribution in [1.29, 1.82) is 0 Å². The zero-order chi connectivity index (χ0) is 9.73. The molecule has 1 atom stereocenters. The minimum Gasteiger partial charge on any atom is -0.303 e. The predicted octanol–water partition coefficient (Wildman–Crippen LogP) is 2.79. The second kappa shape index (κ2) is 3.38. The summed E-state index contributed by atoms with van der Waals surface area (Å²) in [6.45, 7) is 0.706. The first-order valence-corrected chi connectivity index (χ1v) is 4.28. The monoisotopic (exact) mass is 156 g/mol. The highest BCUT2D eigenvalue weighted by Gasteiger charge is 2.27. The minimum atomic E-state index is -0.0913. The second-order valence-corrected chi connectivity index (χ2v) is 3.86. The van der Waals surface area contributed by atoms with Crippen LogP contribution in [0.4, 0.5) is 0 Å². The maximum absolute atomic E-state index is 10.4. The van der Waals surface area contributed by atoms with Gasteiger partial charge in [0.25, 0.3) is 0 Å². The van der Waals surface area contributed by atoms with Crippen LogP contribution >= 0.6 is 0 Å². The van der Waals surface area contributed by atoms with Crippen molar-refractivity contribution in [2.45, 2.75) is 45.9 Å². The van der Waals surface area contributed by atoms with Crippen molar-refractivity contribution in [2.75, 3.05) is 0 Å². The van der Waals surface area contributed by atoms with E-state index < -0.39 is 0 Å². The predicted molar refractivity (Wildman–Crippen MR) is 46.4 cm³/mol. The summed E-state index contributed by atoms with van der Waals surface area (Å²) in [7, 11) is 0. The van der Waals surface area contributed by atoms with Crippen molar-refractivity contribution < 1.29 is 7.54 Å². The van der Waals surface area contributed by atoms with Crippen molar-refractivity contribution in [3.05, 3.63) is 0 Å². The molecule has 0 N–H and O–H groups in total. The SMILES string of the molecule is [2H]CC1(C[2H])CCC[C@H](CC=O)C1. The molecule has 1 fully saturated rings. The van der Waals surface area contributed by atoms with E-state index in [9.17, 15) is 4.79 Å². The number of carbonyl (C=O) groups excluding carboxylic acids is 1. The number of carbonyl (C=O) groups is 1. The van der Waals surface area contributed by atoms with Gasteiger partial charge in [-0.3, -0.25) is 0 Å². The first kappa shape index (κ1) is 6.22. The zero-order valence-corrected chi connectivity index (χ0v) is 7.01. The largest absolute Gasteiger partial charge is 0.303 e. The van der Waals surface area contributed by atoms with Crippen LogP contribution in [0.2, 0.25) is 0 Å². The molecule has 0 amide bonds. The molecule has 0 bridgehead atoms. The summed E-state index contributed by atoms with van der Waals surface area (Å²) in [5, 5.41) is 0. The Morgan fingerprint density at radius 3 is 3.18 bits per heavy atom. The van der Waals surface area contributed by atoms with Crippen LogP contribution in [-0.4, -0.2) is 6.29 Å². The molecule has 1 aliphatic rings. The Labute approximate surface area is 72.0 Å². The molecule has 0 saturated heterocycles. The Kier molecular flexibility index (Phi) is 1.91. The van der Waals surface area contributed by atoms with Crippen LogP contribution in [0.3, 0.4) is 0 Å². The first-order chi connectivity index (χ1) is 6.26. The molecule has 1 saturated carbocycles. The van der Waals surface area contributed by atoms with Crippen LogP contribution in [0, 0.1) is 11.3 Å². The van der Waals surface area contributed by atoms with E-state index in [1.54, 1.807) is 0 Å². The Bertz CT molecular complexity index is 166. The summed E-state index contributed by atoms with van der Waals surface area (Å²) in [5.41, 5.74) is -0.0913. The molecule has 0 aliphatic heterocycles. The van der Waals surface area contributed by atoms with Gasteiger partial charge < -0.3 is 4.79 Å². The van der Waals surface area contributed by atoms with Crippen molar-refractivity contribution >= 4 is 6.29 Å². The summed E-state index contributed by atoms with van der Waals surface area (Å²) in [5.74, 6) is 0.446. The molecule has 0 unspecified atom stereocenters. The average molecular weight is 156 g/mol. The number of aldehydes is 1. The van der Waals surface area contributed by atoms with E-state index in [1.165, 1.54) is 0 Å². The summed E-state index contributed by atoms with van der Waals surface area (Å²) in [4.78, 5) is 10.4. The van der Waals surface area contributed by atoms with Gasteiger partial charge in [-0.05, 0) is 30.6 Å². The van der Waals surface area contributed by atoms with E-state index in [1.807, 2.05) is 0 Å². The van der Waals surface area contributed by atoms with Gasteiger partial charge in [-0.15, -0.1) is 0 Å². The highest BCUT2D eigenvalue weighted by Crippen LogP contribution is 2.39. The first-order valence-electron chi connectivity index (χ1n) is 5.70. The van der Waals surface area contributed by atoms with Crippen molar-refractivity contribution in [3.8, 4) is 0 Å². The van der Waals surface area contributed by atoms with Gasteiger partial charge in [0.1, 0.15) is 6.29 Å². The maximum atomic E-state index is 10.4. The quantitative estimate of drug-likeness (QED) is 0.562. The van der Waals surface area contributed by atoms with Crippen LogP contribution in [-0.2, 0) is 4.79 Å². The van der Waals surface area contributed by atoms with Gasteiger partial charge in [0.2, 0.25) is 0 Å². The van der Waals surface area contributed by atoms with Crippen LogP contribution in [0.5, 0.6) is 0 Å². The van der Waals surface area contributed by atoms with E-state index in [-0.39, 0.29) is 5.41 Å². The summed E-state index contributed by atoms with van der Waals surface area (Å²) >= 11 is 0. The topological polar surface area (TPSA) is 17.1 Å². The molecule has 1 heteroatoms. The van der Waals surface area contributed by atoms with Gasteiger partial charge >= 0.3 is 0 Å². The molecular weight excluding hydrogens is 136 g/mol. The molecule has 0 heterocycles. The molecule has 0 aromatic carbocycles. The van der Waals surface area contributed by atoms with Crippen LogP contribution in [0.1, 0.15) is 48.6 Å². The Morgan fingerprint density at radius 1 is 1.73 bits per heavy atom. The maximum Gasteiger partial charge on any atom is 0.120 e. The summed E-state index contributed by atoms with van der Waals surface area (Å²) in [6.07, 6.45) is 5.74. The smallest absolute Gasteiger partial charge is 0.120 e. The lowest BCUT2D eigenvalue weighted by Gasteiger charge is -2.34. The minimum absolute atomic E-state index is 0.0913. The summed E-state index contributed by atoms with van der Waals surface area (Å²) < 4.78 is 14.9. The lowest BCUT2D eigenvalue weighted by molar-refractivity contribution is -0.109. The molecular formula is C10H18O. The van der Waals surface area contributed by atoms with Crippen LogP contribution < -0.4 is 0 Å². The van der Waals surface area contributed by atoms with Gasteiger partial charge in [-0.1, -0.05) is 20.2 Å². The van der Waals surface area contributed by atoms with Crippen LogP contribution in [0.25, 0.3) is 0 Å². The highest BCUT2D eigenvalue weighted by molar-refractivity contribution is 5.49. The molecule has 1 rings (SSSR count). The van der Waals surface area contributed by atoms with Gasteiger partial charge in [0, 0.05) is 9.16 Å². The third kappa shape index (κ3) is 2.64. The molecule has 0 radical (unpaired) electrons. The zero-order valence-electron chi connectivity index (χ0n) is 9.01. The van der Waals surface area contributed by atoms with E-state index in [0.29, 0.717) is 26.1 Å². The van der Waals surface area contributed by atoms with Gasteiger partial charge in [-0.25, -0.2) is 0 Å². The van der Waals surface area contributed by atoms with E-state index >= 15 is 0 Å². The number of hydrogen-bond acceptors (Lipinski definition) is 1. The number of hydrogen-bond donors (Lipinski definition) is 0. The van der Waals surface area contributed by atoms with Gasteiger partial charge in [-0.2, -0.15) is 0 Å². The van der Waals surface area contributed by atoms with Crippen LogP contribution in [0.15, 0.2) is 0 Å². The molecule has 11 heavy (non-hydrogen) atoms. The average Bonchev–Trinajstić information content (AvgIpc) is 2.19.